The SMILES string of the molecule is Cc1cc(/C=C\CN(C)CCN(C)C)cc(C)c1N1C[C@@H](Cc2ccccc2F)C[C@@H](C)C1=O. The van der Waals surface area contributed by atoms with E-state index in [1.165, 1.54) is 6.07 Å². The van der Waals surface area contributed by atoms with Crippen LogP contribution < -0.4 is 4.90 Å². The van der Waals surface area contributed by atoms with Gasteiger partial charge in [-0.25, -0.2) is 4.39 Å². The molecule has 5 heteroatoms. The van der Waals surface area contributed by atoms with E-state index >= 15 is 0 Å². The van der Waals surface area contributed by atoms with Crippen LogP contribution in [-0.4, -0.2) is 63.0 Å². The van der Waals surface area contributed by atoms with Crippen LogP contribution in [0.4, 0.5) is 10.1 Å². The summed E-state index contributed by atoms with van der Waals surface area (Å²) in [6.45, 7) is 9.76. The van der Waals surface area contributed by atoms with E-state index in [9.17, 15) is 9.18 Å². The molecule has 2 atom stereocenters. The molecule has 1 fully saturated rings. The maximum absolute atomic E-state index is 14.2. The molecule has 0 saturated carbocycles. The van der Waals surface area contributed by atoms with Gasteiger partial charge in [0.2, 0.25) is 5.91 Å². The summed E-state index contributed by atoms with van der Waals surface area (Å²) in [5, 5.41) is 0. The molecule has 0 aromatic heterocycles. The highest BCUT2D eigenvalue weighted by Gasteiger charge is 2.34. The third kappa shape index (κ3) is 6.77. The molecule has 0 spiro atoms. The molecule has 1 heterocycles. The molecule has 184 valence electrons. The number of aryl methyl sites for hydroxylation is 2. The Bertz CT molecular complexity index is 993. The van der Waals surface area contributed by atoms with Crippen LogP contribution in [0.2, 0.25) is 0 Å². The van der Waals surface area contributed by atoms with E-state index in [0.717, 1.165) is 54.0 Å². The molecule has 0 bridgehead atoms. The second-order valence-corrected chi connectivity index (χ2v) is 10.2. The van der Waals surface area contributed by atoms with Crippen LogP contribution in [0.1, 0.15) is 35.6 Å². The number of amides is 1. The van der Waals surface area contributed by atoms with Crippen LogP contribution in [0.15, 0.2) is 42.5 Å². The van der Waals surface area contributed by atoms with Gasteiger partial charge in [0.25, 0.3) is 0 Å². The normalized spacial score (nSPS) is 19.1. The quantitative estimate of drug-likeness (QED) is 0.511. The zero-order valence-corrected chi connectivity index (χ0v) is 21.6. The van der Waals surface area contributed by atoms with Crippen molar-refractivity contribution in [3.8, 4) is 0 Å². The van der Waals surface area contributed by atoms with Gasteiger partial charge in [0.1, 0.15) is 5.82 Å². The monoisotopic (exact) mass is 465 g/mol. The van der Waals surface area contributed by atoms with Crippen molar-refractivity contribution in [3.05, 3.63) is 70.5 Å². The van der Waals surface area contributed by atoms with Crippen LogP contribution in [0.3, 0.4) is 0 Å². The molecule has 34 heavy (non-hydrogen) atoms. The Kier molecular flexibility index (Phi) is 9.03. The molecule has 4 nitrogen and oxygen atoms in total. The summed E-state index contributed by atoms with van der Waals surface area (Å²) in [5.41, 5.74) is 5.11. The van der Waals surface area contributed by atoms with Crippen molar-refractivity contribution in [3.63, 3.8) is 0 Å². The van der Waals surface area contributed by atoms with Gasteiger partial charge in [-0.15, -0.1) is 0 Å². The molecular weight excluding hydrogens is 425 g/mol. The first-order valence-corrected chi connectivity index (χ1v) is 12.3. The largest absolute Gasteiger partial charge is 0.311 e. The molecule has 0 aliphatic carbocycles. The molecule has 2 aromatic rings. The third-order valence-electron chi connectivity index (χ3n) is 6.72. The van der Waals surface area contributed by atoms with Gasteiger partial charge in [0.05, 0.1) is 0 Å². The first kappa shape index (κ1) is 26.1. The van der Waals surface area contributed by atoms with Crippen molar-refractivity contribution in [1.82, 2.24) is 9.80 Å². The molecule has 0 radical (unpaired) electrons. The zero-order chi connectivity index (χ0) is 24.8. The molecule has 0 N–H and O–H groups in total. The van der Waals surface area contributed by atoms with Crippen molar-refractivity contribution in [2.45, 2.75) is 33.6 Å². The lowest BCUT2D eigenvalue weighted by Crippen LogP contribution is -2.46. The Morgan fingerprint density at radius 2 is 1.76 bits per heavy atom. The molecular formula is C29H40FN3O. The molecule has 1 amide bonds. The lowest BCUT2D eigenvalue weighted by atomic mass is 9.84. The number of benzene rings is 2. The van der Waals surface area contributed by atoms with Gasteiger partial charge in [-0.05, 0) is 94.2 Å². The van der Waals surface area contributed by atoms with Gasteiger partial charge in [-0.1, -0.05) is 37.3 Å². The fraction of sp³-hybridized carbons (Fsp3) is 0.483. The molecule has 3 rings (SSSR count). The van der Waals surface area contributed by atoms with E-state index in [1.54, 1.807) is 6.07 Å². The summed E-state index contributed by atoms with van der Waals surface area (Å²) in [5.74, 6) is 0.179. The van der Waals surface area contributed by atoms with Crippen molar-refractivity contribution in [1.29, 1.82) is 0 Å². The highest BCUT2D eigenvalue weighted by molar-refractivity contribution is 5.97. The first-order chi connectivity index (χ1) is 16.2. The van der Waals surface area contributed by atoms with E-state index < -0.39 is 0 Å². The van der Waals surface area contributed by atoms with Gasteiger partial charge in [0, 0.05) is 37.8 Å². The lowest BCUT2D eigenvalue weighted by molar-refractivity contribution is -0.124. The summed E-state index contributed by atoms with van der Waals surface area (Å²) in [7, 11) is 6.31. The highest BCUT2D eigenvalue weighted by Crippen LogP contribution is 2.34. The number of hydrogen-bond donors (Lipinski definition) is 0. The van der Waals surface area contributed by atoms with E-state index in [2.05, 4.69) is 69.1 Å². The summed E-state index contributed by atoms with van der Waals surface area (Å²) in [6.07, 6.45) is 5.81. The summed E-state index contributed by atoms with van der Waals surface area (Å²) >= 11 is 0. The number of likely N-dealkylation sites (N-methyl/N-ethyl adjacent to an activating group) is 2. The van der Waals surface area contributed by atoms with Gasteiger partial charge in [-0.2, -0.15) is 0 Å². The topological polar surface area (TPSA) is 26.8 Å². The van der Waals surface area contributed by atoms with Crippen molar-refractivity contribution < 1.29 is 9.18 Å². The van der Waals surface area contributed by atoms with Crippen LogP contribution >= 0.6 is 0 Å². The minimum Gasteiger partial charge on any atom is -0.311 e. The smallest absolute Gasteiger partial charge is 0.229 e. The first-order valence-electron chi connectivity index (χ1n) is 12.3. The minimum absolute atomic E-state index is 0.0680. The van der Waals surface area contributed by atoms with Gasteiger partial charge < -0.3 is 14.7 Å². The summed E-state index contributed by atoms with van der Waals surface area (Å²) in [4.78, 5) is 19.6. The van der Waals surface area contributed by atoms with Crippen molar-refractivity contribution >= 4 is 17.7 Å². The third-order valence-corrected chi connectivity index (χ3v) is 6.72. The average molecular weight is 466 g/mol. The second kappa shape index (κ2) is 11.8. The Morgan fingerprint density at radius 1 is 1.09 bits per heavy atom. The van der Waals surface area contributed by atoms with Gasteiger partial charge in [0.15, 0.2) is 0 Å². The molecule has 2 aromatic carbocycles. The number of rotatable bonds is 9. The fourth-order valence-corrected chi connectivity index (χ4v) is 4.96. The van der Waals surface area contributed by atoms with Gasteiger partial charge >= 0.3 is 0 Å². The second-order valence-electron chi connectivity index (χ2n) is 10.2. The summed E-state index contributed by atoms with van der Waals surface area (Å²) in [6, 6.07) is 11.3. The number of nitrogens with zero attached hydrogens (tertiary/aromatic N) is 3. The average Bonchev–Trinajstić information content (AvgIpc) is 2.76. The number of halogens is 1. The maximum atomic E-state index is 14.2. The highest BCUT2D eigenvalue weighted by atomic mass is 19.1. The Labute approximate surface area is 205 Å². The maximum Gasteiger partial charge on any atom is 0.229 e. The van der Waals surface area contributed by atoms with Crippen LogP contribution in [0, 0.1) is 31.5 Å². The lowest BCUT2D eigenvalue weighted by Gasteiger charge is -2.38. The Balaban J connectivity index is 1.74. The molecule has 0 unspecified atom stereocenters. The zero-order valence-electron chi connectivity index (χ0n) is 21.6. The Morgan fingerprint density at radius 3 is 2.41 bits per heavy atom. The van der Waals surface area contributed by atoms with Crippen LogP contribution in [-0.2, 0) is 11.2 Å². The fourth-order valence-electron chi connectivity index (χ4n) is 4.96. The van der Waals surface area contributed by atoms with Crippen molar-refractivity contribution in [2.24, 2.45) is 11.8 Å². The Hall–Kier alpha value is -2.50. The van der Waals surface area contributed by atoms with E-state index in [-0.39, 0.29) is 23.6 Å². The van der Waals surface area contributed by atoms with Crippen LogP contribution in [0.5, 0.6) is 0 Å². The van der Waals surface area contributed by atoms with Crippen LogP contribution in [0.25, 0.3) is 6.08 Å². The van der Waals surface area contributed by atoms with E-state index in [4.69, 9.17) is 0 Å². The van der Waals surface area contributed by atoms with E-state index in [1.807, 2.05) is 24.0 Å². The number of hydrogen-bond acceptors (Lipinski definition) is 3. The molecule has 1 aliphatic rings. The number of anilines is 1. The number of carbonyl (C=O) groups is 1. The summed E-state index contributed by atoms with van der Waals surface area (Å²) < 4.78 is 14.2. The molecule has 1 saturated heterocycles. The van der Waals surface area contributed by atoms with Gasteiger partial charge in [-0.3, -0.25) is 4.79 Å². The van der Waals surface area contributed by atoms with E-state index in [0.29, 0.717) is 13.0 Å². The number of carbonyl (C=O) groups excluding carboxylic acids is 1. The standard InChI is InChI=1S/C29H40FN3O/c1-21-16-24(10-9-13-32(6)15-14-31(4)5)17-22(2)28(21)33-20-25(18-23(3)29(33)34)19-26-11-7-8-12-27(26)30/h7-12,16-17,23,25H,13-15,18-20H2,1-6H3/b10-9-/t23-,25-/m1/s1. The predicted molar refractivity (Wildman–Crippen MR) is 141 cm³/mol. The number of piperidine rings is 1. The molecule has 1 aliphatic heterocycles. The predicted octanol–water partition coefficient (Wildman–Crippen LogP) is 5.18. The minimum atomic E-state index is -0.158. The van der Waals surface area contributed by atoms with Crippen molar-refractivity contribution in [2.75, 3.05) is 52.2 Å².